The van der Waals surface area contributed by atoms with Crippen molar-refractivity contribution < 1.29 is 28.5 Å². The summed E-state index contributed by atoms with van der Waals surface area (Å²) in [6.07, 6.45) is 11.0. The first-order chi connectivity index (χ1) is 29.3. The molecule has 2 heterocycles. The van der Waals surface area contributed by atoms with Gasteiger partial charge in [0.05, 0.1) is 22.3 Å². The molecule has 0 fully saturated rings. The van der Waals surface area contributed by atoms with Crippen molar-refractivity contribution in [1.82, 2.24) is 9.97 Å². The lowest BCUT2D eigenvalue weighted by molar-refractivity contribution is 0.111. The summed E-state index contributed by atoms with van der Waals surface area (Å²) in [5.41, 5.74) is 11.3. The van der Waals surface area contributed by atoms with Crippen molar-refractivity contribution in [3.63, 3.8) is 0 Å². The molecule has 0 aliphatic carbocycles. The van der Waals surface area contributed by atoms with Crippen LogP contribution in [0.5, 0.6) is 23.0 Å². The quantitative estimate of drug-likeness (QED) is 0.0726. The Hall–Kier alpha value is -7.30. The molecular formula is C50H46N4O6. The van der Waals surface area contributed by atoms with E-state index in [1.807, 2.05) is 24.3 Å². The van der Waals surface area contributed by atoms with Gasteiger partial charge in [-0.3, -0.25) is 19.6 Å². The number of benzene rings is 4. The molecule has 0 N–H and O–H groups in total. The lowest BCUT2D eigenvalue weighted by Gasteiger charge is -2.19. The van der Waals surface area contributed by atoms with Gasteiger partial charge in [-0.05, 0) is 95.5 Å². The van der Waals surface area contributed by atoms with E-state index < -0.39 is 0 Å². The normalized spacial score (nSPS) is 10.6. The van der Waals surface area contributed by atoms with Crippen LogP contribution in [0.1, 0.15) is 103 Å². The largest absolute Gasteiger partial charge is 0.488 e. The molecule has 0 saturated carbocycles. The zero-order valence-electron chi connectivity index (χ0n) is 34.3. The van der Waals surface area contributed by atoms with Gasteiger partial charge < -0.3 is 18.9 Å². The average molecular weight is 799 g/mol. The van der Waals surface area contributed by atoms with Crippen molar-refractivity contribution in [2.24, 2.45) is 0 Å². The summed E-state index contributed by atoms with van der Waals surface area (Å²) in [6.45, 7) is 9.23. The molecule has 302 valence electrons. The number of aldehydes is 2. The number of aromatic nitrogens is 2. The summed E-state index contributed by atoms with van der Waals surface area (Å²) in [7, 11) is 0. The van der Waals surface area contributed by atoms with E-state index in [9.17, 15) is 20.1 Å². The fourth-order valence-corrected chi connectivity index (χ4v) is 7.03. The molecule has 10 nitrogen and oxygen atoms in total. The van der Waals surface area contributed by atoms with Crippen molar-refractivity contribution in [1.29, 1.82) is 10.5 Å². The van der Waals surface area contributed by atoms with Crippen molar-refractivity contribution in [3.8, 4) is 46.3 Å². The van der Waals surface area contributed by atoms with Crippen LogP contribution in [-0.4, -0.2) is 22.5 Å². The van der Waals surface area contributed by atoms with Crippen molar-refractivity contribution in [2.75, 3.05) is 0 Å². The van der Waals surface area contributed by atoms with Gasteiger partial charge in [-0.15, -0.1) is 0 Å². The number of hydrogen-bond donors (Lipinski definition) is 0. The molecule has 10 heteroatoms. The fourth-order valence-electron chi connectivity index (χ4n) is 7.03. The Morgan fingerprint density at radius 1 is 0.533 bits per heavy atom. The summed E-state index contributed by atoms with van der Waals surface area (Å²) in [5.74, 6) is 2.08. The first kappa shape index (κ1) is 42.3. The van der Waals surface area contributed by atoms with Gasteiger partial charge in [0.1, 0.15) is 61.6 Å². The minimum atomic E-state index is 0.140. The van der Waals surface area contributed by atoms with Crippen LogP contribution in [0, 0.1) is 36.5 Å². The molecule has 0 radical (unpaired) electrons. The lowest BCUT2D eigenvalue weighted by Crippen LogP contribution is -2.06. The van der Waals surface area contributed by atoms with E-state index in [0.717, 1.165) is 82.8 Å². The van der Waals surface area contributed by atoms with Crippen LogP contribution in [0.3, 0.4) is 0 Å². The van der Waals surface area contributed by atoms with Gasteiger partial charge in [0.2, 0.25) is 0 Å². The third-order valence-corrected chi connectivity index (χ3v) is 10.3. The number of nitriles is 2. The van der Waals surface area contributed by atoms with Crippen molar-refractivity contribution in [2.45, 2.75) is 79.8 Å². The molecule has 2 aromatic heterocycles. The van der Waals surface area contributed by atoms with E-state index in [2.05, 4.69) is 74.1 Å². The van der Waals surface area contributed by atoms with Crippen LogP contribution in [0.2, 0.25) is 0 Å². The maximum absolute atomic E-state index is 12.1. The van der Waals surface area contributed by atoms with Crippen molar-refractivity contribution >= 4 is 12.6 Å². The standard InChI is InChI=1S/C50H46N4O6/c1-5-9-39-17-43(27-55)49(57-29-37-15-35(21-51)23-53-25-37)19-47(39)59-31-41-11-7-13-45(33(41)3)46-14-8-12-42(34(46)4)32-60-48-20-50(44(28-56)18-40(48)10-6-2)58-30-38-16-36(22-52)24-54-26-38/h7-8,11-20,23-28H,5-6,9-10,29-32H2,1-4H3. The lowest BCUT2D eigenvalue weighted by atomic mass is 9.91. The molecular weight excluding hydrogens is 753 g/mol. The third-order valence-electron chi connectivity index (χ3n) is 10.3. The minimum absolute atomic E-state index is 0.140. The van der Waals surface area contributed by atoms with E-state index in [0.29, 0.717) is 69.6 Å². The highest BCUT2D eigenvalue weighted by Gasteiger charge is 2.17. The predicted octanol–water partition coefficient (Wildman–Crippen LogP) is 10.3. The number of nitrogens with zero attached hydrogens (tertiary/aromatic N) is 4. The van der Waals surface area contributed by atoms with E-state index in [1.165, 1.54) is 12.4 Å². The number of carbonyl (C=O) groups excluding carboxylic acids is 2. The Bertz CT molecular complexity index is 2410. The zero-order valence-corrected chi connectivity index (χ0v) is 34.3. The smallest absolute Gasteiger partial charge is 0.153 e. The molecule has 6 rings (SSSR count). The Labute approximate surface area is 351 Å². The number of carbonyl (C=O) groups is 2. The summed E-state index contributed by atoms with van der Waals surface area (Å²) in [5, 5.41) is 18.5. The topological polar surface area (TPSA) is 144 Å². The highest BCUT2D eigenvalue weighted by Crippen LogP contribution is 2.35. The van der Waals surface area contributed by atoms with Gasteiger partial charge in [-0.2, -0.15) is 10.5 Å². The molecule has 0 aliphatic rings. The zero-order chi connectivity index (χ0) is 42.4. The maximum Gasteiger partial charge on any atom is 0.153 e. The molecule has 0 spiro atoms. The summed E-state index contributed by atoms with van der Waals surface area (Å²) >= 11 is 0. The molecule has 60 heavy (non-hydrogen) atoms. The second kappa shape index (κ2) is 20.4. The molecule has 0 unspecified atom stereocenters. The van der Waals surface area contributed by atoms with E-state index >= 15 is 0 Å². The van der Waals surface area contributed by atoms with Crippen LogP contribution in [0.15, 0.2) is 97.6 Å². The second-order valence-corrected chi connectivity index (χ2v) is 14.5. The Morgan fingerprint density at radius 2 is 0.950 bits per heavy atom. The predicted molar refractivity (Wildman–Crippen MR) is 228 cm³/mol. The fraction of sp³-hybridized carbons (Fsp3) is 0.240. The maximum atomic E-state index is 12.1. The second-order valence-electron chi connectivity index (χ2n) is 14.5. The number of rotatable bonds is 19. The van der Waals surface area contributed by atoms with Crippen LogP contribution < -0.4 is 18.9 Å². The number of aryl methyl sites for hydroxylation is 2. The monoisotopic (exact) mass is 798 g/mol. The van der Waals surface area contributed by atoms with Crippen LogP contribution in [0.4, 0.5) is 0 Å². The van der Waals surface area contributed by atoms with Gasteiger partial charge in [-0.25, -0.2) is 0 Å². The highest BCUT2D eigenvalue weighted by atomic mass is 16.5. The number of pyridine rings is 2. The number of ether oxygens (including phenoxy) is 4. The van der Waals surface area contributed by atoms with Gasteiger partial charge in [-0.1, -0.05) is 63.1 Å². The molecule has 0 atom stereocenters. The van der Waals surface area contributed by atoms with E-state index in [4.69, 9.17) is 18.9 Å². The summed E-state index contributed by atoms with van der Waals surface area (Å²) in [4.78, 5) is 32.5. The van der Waals surface area contributed by atoms with Gasteiger partial charge in [0.15, 0.2) is 12.6 Å². The molecule has 0 saturated heterocycles. The first-order valence-corrected chi connectivity index (χ1v) is 19.9. The molecule has 4 aromatic carbocycles. The van der Waals surface area contributed by atoms with Crippen LogP contribution >= 0.6 is 0 Å². The highest BCUT2D eigenvalue weighted by molar-refractivity contribution is 5.81. The van der Waals surface area contributed by atoms with Crippen LogP contribution in [0.25, 0.3) is 11.1 Å². The third kappa shape index (κ3) is 10.2. The van der Waals surface area contributed by atoms with Gasteiger partial charge in [0, 0.05) is 48.0 Å². The molecule has 0 bridgehead atoms. The van der Waals surface area contributed by atoms with Crippen LogP contribution in [-0.2, 0) is 39.3 Å². The first-order valence-electron chi connectivity index (χ1n) is 19.9. The van der Waals surface area contributed by atoms with E-state index in [1.54, 1.807) is 36.7 Å². The SMILES string of the molecule is CCCc1cc(C=O)c(OCc2cncc(C#N)c2)cc1OCc1cccc(-c2cccc(COc3cc(OCc4cncc(C#N)c4)c(C=O)cc3CCC)c2C)c1C. The Morgan fingerprint density at radius 3 is 1.33 bits per heavy atom. The van der Waals surface area contributed by atoms with Crippen molar-refractivity contribution in [3.05, 3.63) is 164 Å². The average Bonchev–Trinajstić information content (AvgIpc) is 3.28. The minimum Gasteiger partial charge on any atom is -0.488 e. The Kier molecular flexibility index (Phi) is 14.4. The van der Waals surface area contributed by atoms with Gasteiger partial charge in [0.25, 0.3) is 0 Å². The van der Waals surface area contributed by atoms with E-state index in [-0.39, 0.29) is 13.2 Å². The molecule has 6 aromatic rings. The van der Waals surface area contributed by atoms with Gasteiger partial charge >= 0.3 is 0 Å². The molecule has 0 aliphatic heterocycles. The summed E-state index contributed by atoms with van der Waals surface area (Å²) < 4.78 is 25.2. The number of hydrogen-bond acceptors (Lipinski definition) is 10. The Balaban J connectivity index is 1.21. The molecule has 0 amide bonds. The summed E-state index contributed by atoms with van der Waals surface area (Å²) in [6, 6.07) is 27.2.